The van der Waals surface area contributed by atoms with E-state index < -0.39 is 5.60 Å². The van der Waals surface area contributed by atoms with Crippen LogP contribution in [0.2, 0.25) is 0 Å². The summed E-state index contributed by atoms with van der Waals surface area (Å²) in [7, 11) is 1.85. The molecule has 1 atom stereocenters. The molecule has 2 N–H and O–H groups in total. The number of amides is 1. The van der Waals surface area contributed by atoms with Gasteiger partial charge in [0, 0.05) is 19.7 Å². The quantitative estimate of drug-likeness (QED) is 0.843. The Labute approximate surface area is 124 Å². The molecule has 0 aliphatic heterocycles. The average Bonchev–Trinajstić information content (AvgIpc) is 2.90. The zero-order chi connectivity index (χ0) is 15.3. The number of nitrogens with zero attached hydrogens (tertiary/aromatic N) is 2. The second kappa shape index (κ2) is 6.54. The number of carbonyl (C=O) groups is 1. The van der Waals surface area contributed by atoms with E-state index in [9.17, 15) is 9.90 Å². The van der Waals surface area contributed by atoms with E-state index in [1.165, 1.54) is 0 Å². The zero-order valence-corrected chi connectivity index (χ0v) is 12.4. The fourth-order valence-corrected chi connectivity index (χ4v) is 2.12. The molecule has 5 heteroatoms. The Morgan fingerprint density at radius 3 is 2.71 bits per heavy atom. The summed E-state index contributed by atoms with van der Waals surface area (Å²) in [6.45, 7) is 1.90. The van der Waals surface area contributed by atoms with Crippen molar-refractivity contribution in [1.82, 2.24) is 15.1 Å². The maximum absolute atomic E-state index is 11.9. The molecule has 5 nitrogen and oxygen atoms in total. The topological polar surface area (TPSA) is 67.2 Å². The van der Waals surface area contributed by atoms with Crippen molar-refractivity contribution >= 4 is 5.91 Å². The van der Waals surface area contributed by atoms with E-state index >= 15 is 0 Å². The first kappa shape index (κ1) is 15.3. The van der Waals surface area contributed by atoms with Crippen molar-refractivity contribution in [2.75, 3.05) is 6.54 Å². The Morgan fingerprint density at radius 2 is 2.10 bits per heavy atom. The minimum atomic E-state index is -1.06. The van der Waals surface area contributed by atoms with Crippen molar-refractivity contribution in [2.45, 2.75) is 25.4 Å². The van der Waals surface area contributed by atoms with Gasteiger partial charge in [0.1, 0.15) is 5.60 Å². The van der Waals surface area contributed by atoms with E-state index in [0.29, 0.717) is 12.8 Å². The Morgan fingerprint density at radius 1 is 1.38 bits per heavy atom. The molecule has 1 amide bonds. The summed E-state index contributed by atoms with van der Waals surface area (Å²) in [6.07, 6.45) is 4.69. The third kappa shape index (κ3) is 4.43. The van der Waals surface area contributed by atoms with Gasteiger partial charge in [-0.15, -0.1) is 0 Å². The first-order valence-corrected chi connectivity index (χ1v) is 6.99. The van der Waals surface area contributed by atoms with Crippen molar-refractivity contribution < 1.29 is 9.90 Å². The summed E-state index contributed by atoms with van der Waals surface area (Å²) in [5.74, 6) is -0.0740. The smallest absolute Gasteiger partial charge is 0.220 e. The summed E-state index contributed by atoms with van der Waals surface area (Å²) in [5, 5.41) is 17.2. The molecule has 1 heterocycles. The van der Waals surface area contributed by atoms with Crippen molar-refractivity contribution in [3.8, 4) is 0 Å². The molecule has 1 unspecified atom stereocenters. The van der Waals surface area contributed by atoms with Gasteiger partial charge in [-0.3, -0.25) is 9.48 Å². The number of carbonyl (C=O) groups excluding carboxylic acids is 1. The van der Waals surface area contributed by atoms with Crippen molar-refractivity contribution in [3.05, 3.63) is 53.9 Å². The largest absolute Gasteiger partial charge is 0.384 e. The molecular weight excluding hydrogens is 266 g/mol. The predicted molar refractivity (Wildman–Crippen MR) is 80.6 cm³/mol. The minimum Gasteiger partial charge on any atom is -0.384 e. The standard InChI is InChI=1S/C16H21N3O2/c1-16(21,14-6-4-3-5-7-14)12-17-15(20)9-8-13-10-18-19(2)11-13/h3-7,10-11,21H,8-9,12H2,1-2H3,(H,17,20). The monoisotopic (exact) mass is 287 g/mol. The van der Waals surface area contributed by atoms with Gasteiger partial charge in [-0.1, -0.05) is 30.3 Å². The van der Waals surface area contributed by atoms with Crippen LogP contribution in [-0.4, -0.2) is 27.3 Å². The number of benzene rings is 1. The summed E-state index contributed by atoms with van der Waals surface area (Å²) in [6, 6.07) is 9.33. The highest BCUT2D eigenvalue weighted by Gasteiger charge is 2.23. The Bertz CT molecular complexity index is 591. The lowest BCUT2D eigenvalue weighted by Crippen LogP contribution is -2.38. The van der Waals surface area contributed by atoms with E-state index in [2.05, 4.69) is 10.4 Å². The molecule has 0 spiro atoms. The summed E-state index contributed by atoms with van der Waals surface area (Å²) in [5.41, 5.74) is 0.755. The number of aromatic nitrogens is 2. The molecule has 1 aromatic carbocycles. The van der Waals surface area contributed by atoms with Crippen molar-refractivity contribution in [3.63, 3.8) is 0 Å². The fraction of sp³-hybridized carbons (Fsp3) is 0.375. The van der Waals surface area contributed by atoms with Crippen molar-refractivity contribution in [2.24, 2.45) is 7.05 Å². The van der Waals surface area contributed by atoms with Crippen molar-refractivity contribution in [1.29, 1.82) is 0 Å². The molecule has 2 rings (SSSR count). The SMILES string of the molecule is Cn1cc(CCC(=O)NCC(C)(O)c2ccccc2)cn1. The van der Waals surface area contributed by atoms with E-state index in [0.717, 1.165) is 11.1 Å². The van der Waals surface area contributed by atoms with Crippen LogP contribution in [0.5, 0.6) is 0 Å². The van der Waals surface area contributed by atoms with E-state index in [-0.39, 0.29) is 12.5 Å². The summed E-state index contributed by atoms with van der Waals surface area (Å²) < 4.78 is 1.72. The number of rotatable bonds is 6. The second-order valence-electron chi connectivity index (χ2n) is 5.44. The van der Waals surface area contributed by atoms with Crippen LogP contribution in [0, 0.1) is 0 Å². The Balaban J connectivity index is 1.80. The van der Waals surface area contributed by atoms with Gasteiger partial charge >= 0.3 is 0 Å². The van der Waals surface area contributed by atoms with Crippen LogP contribution >= 0.6 is 0 Å². The molecule has 0 bridgehead atoms. The maximum Gasteiger partial charge on any atom is 0.220 e. The van der Waals surface area contributed by atoms with Gasteiger partial charge in [-0.05, 0) is 24.5 Å². The van der Waals surface area contributed by atoms with Gasteiger partial charge < -0.3 is 10.4 Å². The highest BCUT2D eigenvalue weighted by Crippen LogP contribution is 2.18. The van der Waals surface area contributed by atoms with Gasteiger partial charge in [-0.2, -0.15) is 5.10 Å². The first-order chi connectivity index (χ1) is 9.97. The maximum atomic E-state index is 11.9. The summed E-state index contributed by atoms with van der Waals surface area (Å²) >= 11 is 0. The van der Waals surface area contributed by atoms with Gasteiger partial charge in [-0.25, -0.2) is 0 Å². The van der Waals surface area contributed by atoms with Crippen LogP contribution in [0.3, 0.4) is 0 Å². The van der Waals surface area contributed by atoms with Crippen LogP contribution < -0.4 is 5.32 Å². The molecule has 0 saturated carbocycles. The molecule has 0 aliphatic carbocycles. The number of aryl methyl sites for hydroxylation is 2. The van der Waals surface area contributed by atoms with E-state index in [1.54, 1.807) is 17.8 Å². The third-order valence-electron chi connectivity index (χ3n) is 3.42. The Hall–Kier alpha value is -2.14. The van der Waals surface area contributed by atoms with Crippen LogP contribution in [-0.2, 0) is 23.9 Å². The average molecular weight is 287 g/mol. The van der Waals surface area contributed by atoms with Crippen LogP contribution in [0.1, 0.15) is 24.5 Å². The molecule has 0 radical (unpaired) electrons. The highest BCUT2D eigenvalue weighted by molar-refractivity contribution is 5.76. The highest BCUT2D eigenvalue weighted by atomic mass is 16.3. The second-order valence-corrected chi connectivity index (χ2v) is 5.44. The molecule has 1 aromatic heterocycles. The summed E-state index contributed by atoms with van der Waals surface area (Å²) in [4.78, 5) is 11.9. The van der Waals surface area contributed by atoms with Crippen LogP contribution in [0.25, 0.3) is 0 Å². The predicted octanol–water partition coefficient (Wildman–Crippen LogP) is 1.38. The van der Waals surface area contributed by atoms with Gasteiger partial charge in [0.15, 0.2) is 0 Å². The zero-order valence-electron chi connectivity index (χ0n) is 12.4. The van der Waals surface area contributed by atoms with E-state index in [1.807, 2.05) is 43.6 Å². The number of hydrogen-bond acceptors (Lipinski definition) is 3. The van der Waals surface area contributed by atoms with Crippen LogP contribution in [0.15, 0.2) is 42.7 Å². The Kier molecular flexibility index (Phi) is 4.75. The molecule has 112 valence electrons. The number of aliphatic hydroxyl groups is 1. The number of nitrogens with one attached hydrogen (secondary N) is 1. The van der Waals surface area contributed by atoms with Gasteiger partial charge in [0.2, 0.25) is 5.91 Å². The lowest BCUT2D eigenvalue weighted by molar-refractivity contribution is -0.122. The molecule has 0 aliphatic rings. The normalized spacial score (nSPS) is 13.7. The van der Waals surface area contributed by atoms with E-state index in [4.69, 9.17) is 0 Å². The van der Waals surface area contributed by atoms with Gasteiger partial charge in [0.25, 0.3) is 0 Å². The van der Waals surface area contributed by atoms with Crippen LogP contribution in [0.4, 0.5) is 0 Å². The molecule has 0 fully saturated rings. The first-order valence-electron chi connectivity index (χ1n) is 6.99. The molecule has 0 saturated heterocycles. The van der Waals surface area contributed by atoms with Gasteiger partial charge in [0.05, 0.1) is 12.7 Å². The lowest BCUT2D eigenvalue weighted by atomic mass is 9.96. The molecular formula is C16H21N3O2. The number of hydrogen-bond donors (Lipinski definition) is 2. The molecule has 2 aromatic rings. The molecule has 21 heavy (non-hydrogen) atoms. The third-order valence-corrected chi connectivity index (χ3v) is 3.42. The minimum absolute atomic E-state index is 0.0740. The fourth-order valence-electron chi connectivity index (χ4n) is 2.12. The lowest BCUT2D eigenvalue weighted by Gasteiger charge is -2.24.